The quantitative estimate of drug-likeness (QED) is 0.468. The lowest BCUT2D eigenvalue weighted by molar-refractivity contribution is -0.116. The van der Waals surface area contributed by atoms with Crippen LogP contribution in [0.2, 0.25) is 0 Å². The monoisotopic (exact) mass is 455 g/mol. The molecule has 0 aliphatic carbocycles. The van der Waals surface area contributed by atoms with Crippen LogP contribution in [0.15, 0.2) is 46.1 Å². The molecule has 0 aliphatic rings. The molecule has 3 aromatic rings. The summed E-state index contributed by atoms with van der Waals surface area (Å²) in [5.74, 6) is 0.760. The van der Waals surface area contributed by atoms with Crippen LogP contribution in [-0.4, -0.2) is 29.7 Å². The van der Waals surface area contributed by atoms with E-state index in [1.165, 1.54) is 28.7 Å². The van der Waals surface area contributed by atoms with Crippen LogP contribution in [0.1, 0.15) is 22.4 Å². The van der Waals surface area contributed by atoms with Crippen LogP contribution in [0.3, 0.4) is 0 Å². The van der Waals surface area contributed by atoms with Gasteiger partial charge in [0.2, 0.25) is 11.8 Å². The molecule has 2 amide bonds. The van der Waals surface area contributed by atoms with E-state index in [-0.39, 0.29) is 24.0 Å². The fourth-order valence-electron chi connectivity index (χ4n) is 3.16. The topological polar surface area (TPSA) is 80.3 Å². The van der Waals surface area contributed by atoms with E-state index in [9.17, 15) is 9.59 Å². The molecule has 162 valence electrons. The predicted molar refractivity (Wildman–Crippen MR) is 127 cm³/mol. The number of benzene rings is 2. The number of hydrogen-bond donors (Lipinski definition) is 2. The predicted octanol–water partition coefficient (Wildman–Crippen LogP) is 4.99. The number of carbonyl (C=O) groups is 2. The SMILES string of the molecule is COc1ccc(NC(=O)CSc2nc(CC(=O)Nc3c(C)cc(C)cc3C)cs2)cc1. The number of methoxy groups -OCH3 is 1. The van der Waals surface area contributed by atoms with Crippen molar-refractivity contribution < 1.29 is 14.3 Å². The van der Waals surface area contributed by atoms with Gasteiger partial charge in [-0.1, -0.05) is 29.5 Å². The van der Waals surface area contributed by atoms with E-state index in [2.05, 4.69) is 27.8 Å². The van der Waals surface area contributed by atoms with Crippen molar-refractivity contribution in [2.24, 2.45) is 0 Å². The van der Waals surface area contributed by atoms with E-state index in [0.717, 1.165) is 26.9 Å². The number of thioether (sulfide) groups is 1. The van der Waals surface area contributed by atoms with Gasteiger partial charge >= 0.3 is 0 Å². The third-order valence-electron chi connectivity index (χ3n) is 4.51. The Bertz CT molecular complexity index is 1050. The van der Waals surface area contributed by atoms with Crippen LogP contribution in [-0.2, 0) is 16.0 Å². The summed E-state index contributed by atoms with van der Waals surface area (Å²) in [5.41, 5.74) is 5.53. The zero-order chi connectivity index (χ0) is 22.4. The summed E-state index contributed by atoms with van der Waals surface area (Å²) in [6.07, 6.45) is 0.196. The zero-order valence-electron chi connectivity index (χ0n) is 17.9. The van der Waals surface area contributed by atoms with Crippen LogP contribution in [0.5, 0.6) is 5.75 Å². The maximum Gasteiger partial charge on any atom is 0.234 e. The van der Waals surface area contributed by atoms with Crippen molar-refractivity contribution in [2.45, 2.75) is 31.5 Å². The van der Waals surface area contributed by atoms with Crippen LogP contribution in [0.4, 0.5) is 11.4 Å². The maximum atomic E-state index is 12.5. The van der Waals surface area contributed by atoms with Crippen LogP contribution < -0.4 is 15.4 Å². The van der Waals surface area contributed by atoms with E-state index in [1.807, 2.05) is 26.2 Å². The van der Waals surface area contributed by atoms with Crippen molar-refractivity contribution in [2.75, 3.05) is 23.5 Å². The van der Waals surface area contributed by atoms with Gasteiger partial charge in [0.1, 0.15) is 5.75 Å². The minimum absolute atomic E-state index is 0.103. The summed E-state index contributed by atoms with van der Waals surface area (Å²) in [7, 11) is 1.60. The van der Waals surface area contributed by atoms with Gasteiger partial charge in [-0.15, -0.1) is 11.3 Å². The number of rotatable bonds is 8. The Hall–Kier alpha value is -2.84. The minimum atomic E-state index is -0.116. The minimum Gasteiger partial charge on any atom is -0.497 e. The molecule has 0 fully saturated rings. The van der Waals surface area contributed by atoms with Gasteiger partial charge in [-0.3, -0.25) is 9.59 Å². The molecule has 0 saturated heterocycles. The fraction of sp³-hybridized carbons (Fsp3) is 0.261. The maximum absolute atomic E-state index is 12.5. The van der Waals surface area contributed by atoms with Crippen LogP contribution in [0, 0.1) is 20.8 Å². The molecule has 0 aliphatic heterocycles. The second kappa shape index (κ2) is 10.5. The van der Waals surface area contributed by atoms with Crippen molar-refractivity contribution in [3.05, 3.63) is 64.2 Å². The summed E-state index contributed by atoms with van der Waals surface area (Å²) >= 11 is 2.79. The Labute approximate surface area is 190 Å². The van der Waals surface area contributed by atoms with Crippen LogP contribution in [0.25, 0.3) is 0 Å². The van der Waals surface area contributed by atoms with Gasteiger partial charge < -0.3 is 15.4 Å². The second-order valence-electron chi connectivity index (χ2n) is 7.17. The molecule has 2 aromatic carbocycles. The molecule has 8 heteroatoms. The summed E-state index contributed by atoms with van der Waals surface area (Å²) in [6.45, 7) is 6.02. The first-order valence-electron chi connectivity index (χ1n) is 9.73. The first-order valence-corrected chi connectivity index (χ1v) is 11.6. The fourth-order valence-corrected chi connectivity index (χ4v) is 4.80. The number of hydrogen-bond acceptors (Lipinski definition) is 6. The molecule has 0 radical (unpaired) electrons. The zero-order valence-corrected chi connectivity index (χ0v) is 19.6. The number of anilines is 2. The summed E-state index contributed by atoms with van der Waals surface area (Å²) in [6, 6.07) is 11.3. The number of ether oxygens (including phenoxy) is 1. The molecule has 3 rings (SSSR count). The Morgan fingerprint density at radius 1 is 1.03 bits per heavy atom. The first-order chi connectivity index (χ1) is 14.8. The van der Waals surface area contributed by atoms with Crippen molar-refractivity contribution in [1.29, 1.82) is 0 Å². The molecule has 6 nitrogen and oxygen atoms in total. The number of aryl methyl sites for hydroxylation is 3. The lowest BCUT2D eigenvalue weighted by atomic mass is 10.0. The molecule has 0 atom stereocenters. The highest BCUT2D eigenvalue weighted by atomic mass is 32.2. The van der Waals surface area contributed by atoms with Crippen molar-refractivity contribution >= 4 is 46.3 Å². The lowest BCUT2D eigenvalue weighted by Crippen LogP contribution is -2.16. The van der Waals surface area contributed by atoms with Gasteiger partial charge in [-0.2, -0.15) is 0 Å². The van der Waals surface area contributed by atoms with Crippen LogP contribution >= 0.6 is 23.1 Å². The Morgan fingerprint density at radius 2 is 1.71 bits per heavy atom. The highest BCUT2D eigenvalue weighted by Gasteiger charge is 2.12. The standard InChI is InChI=1S/C23H25N3O3S2/c1-14-9-15(2)22(16(3)10-14)26-20(27)11-18-12-30-23(25-18)31-13-21(28)24-17-5-7-19(29-4)8-6-17/h5-10,12H,11,13H2,1-4H3,(H,24,28)(H,26,27). The van der Waals surface area contributed by atoms with Crippen molar-refractivity contribution in [1.82, 2.24) is 4.98 Å². The Kier molecular flexibility index (Phi) is 7.70. The molecule has 1 aromatic heterocycles. The molecule has 1 heterocycles. The van der Waals surface area contributed by atoms with Gasteiger partial charge in [0.05, 0.1) is 25.0 Å². The largest absolute Gasteiger partial charge is 0.497 e. The van der Waals surface area contributed by atoms with E-state index in [4.69, 9.17) is 4.74 Å². The average Bonchev–Trinajstić information content (AvgIpc) is 3.17. The molecule has 0 saturated carbocycles. The second-order valence-corrected chi connectivity index (χ2v) is 9.25. The summed E-state index contributed by atoms with van der Waals surface area (Å²) < 4.78 is 5.87. The number of nitrogens with zero attached hydrogens (tertiary/aromatic N) is 1. The molecule has 2 N–H and O–H groups in total. The molecular weight excluding hydrogens is 430 g/mol. The van der Waals surface area contributed by atoms with Gasteiger partial charge in [0, 0.05) is 16.8 Å². The number of amides is 2. The van der Waals surface area contributed by atoms with Gasteiger partial charge in [0.25, 0.3) is 0 Å². The van der Waals surface area contributed by atoms with Gasteiger partial charge in [-0.05, 0) is 56.2 Å². The molecular formula is C23H25N3O3S2. The highest BCUT2D eigenvalue weighted by molar-refractivity contribution is 8.01. The number of aromatic nitrogens is 1. The van der Waals surface area contributed by atoms with E-state index in [0.29, 0.717) is 11.4 Å². The molecule has 0 unspecified atom stereocenters. The highest BCUT2D eigenvalue weighted by Crippen LogP contribution is 2.25. The van der Waals surface area contributed by atoms with Gasteiger partial charge in [-0.25, -0.2) is 4.98 Å². The summed E-state index contributed by atoms with van der Waals surface area (Å²) in [5, 5.41) is 7.70. The Morgan fingerprint density at radius 3 is 2.35 bits per heavy atom. The first kappa shape index (κ1) is 22.8. The molecule has 31 heavy (non-hydrogen) atoms. The smallest absolute Gasteiger partial charge is 0.234 e. The van der Waals surface area contributed by atoms with Gasteiger partial charge in [0.15, 0.2) is 4.34 Å². The van der Waals surface area contributed by atoms with E-state index in [1.54, 1.807) is 31.4 Å². The third kappa shape index (κ3) is 6.57. The average molecular weight is 456 g/mol. The van der Waals surface area contributed by atoms with E-state index >= 15 is 0 Å². The number of carbonyl (C=O) groups excluding carboxylic acids is 2. The molecule has 0 bridgehead atoms. The Balaban J connectivity index is 1.49. The van der Waals surface area contributed by atoms with Crippen molar-refractivity contribution in [3.8, 4) is 5.75 Å². The number of thiazole rings is 1. The van der Waals surface area contributed by atoms with E-state index < -0.39 is 0 Å². The third-order valence-corrected chi connectivity index (χ3v) is 6.58. The summed E-state index contributed by atoms with van der Waals surface area (Å²) in [4.78, 5) is 29.1. The molecule has 0 spiro atoms. The normalized spacial score (nSPS) is 10.6. The van der Waals surface area contributed by atoms with Crippen molar-refractivity contribution in [3.63, 3.8) is 0 Å². The lowest BCUT2D eigenvalue weighted by Gasteiger charge is -2.12. The number of nitrogens with one attached hydrogen (secondary N) is 2.